The number of rotatable bonds is 2. The van der Waals surface area contributed by atoms with Crippen LogP contribution in [-0.2, 0) is 9.84 Å². The lowest BCUT2D eigenvalue weighted by Gasteiger charge is -2.01. The maximum absolute atomic E-state index is 13.0. The normalized spacial score (nSPS) is 12.2. The van der Waals surface area contributed by atoms with Gasteiger partial charge in [0.1, 0.15) is 5.82 Å². The van der Waals surface area contributed by atoms with E-state index in [4.69, 9.17) is 0 Å². The van der Waals surface area contributed by atoms with Crippen LogP contribution in [0.15, 0.2) is 51.8 Å². The highest BCUT2D eigenvalue weighted by atomic mass is 32.2. The number of sulfone groups is 1. The number of nitrogens with zero attached hydrogens (tertiary/aromatic N) is 4. The number of halogens is 1. The first-order chi connectivity index (χ1) is 10.6. The van der Waals surface area contributed by atoms with E-state index in [2.05, 4.69) is 15.3 Å². The standard InChI is InChI=1S/C13H7FN4O2S2/c14-8-1-3-9(4-2-8)22(19,20)13-12-15-7-11-10(5-6-21-11)18(12)17-16-13/h1-7H. The van der Waals surface area contributed by atoms with Crippen molar-refractivity contribution in [2.75, 3.05) is 0 Å². The van der Waals surface area contributed by atoms with Crippen LogP contribution in [0, 0.1) is 5.82 Å². The average Bonchev–Trinajstić information content (AvgIpc) is 3.13. The molecule has 3 heterocycles. The molecule has 4 rings (SSSR count). The number of aromatic nitrogens is 4. The van der Waals surface area contributed by atoms with Gasteiger partial charge in [0.05, 0.1) is 15.1 Å². The molecule has 0 spiro atoms. The van der Waals surface area contributed by atoms with Crippen LogP contribution in [0.5, 0.6) is 0 Å². The lowest BCUT2D eigenvalue weighted by Crippen LogP contribution is -2.04. The summed E-state index contributed by atoms with van der Waals surface area (Å²) in [6, 6.07) is 6.38. The molecule has 0 amide bonds. The van der Waals surface area contributed by atoms with Crippen molar-refractivity contribution in [3.05, 3.63) is 47.7 Å². The second kappa shape index (κ2) is 4.55. The van der Waals surface area contributed by atoms with Gasteiger partial charge in [-0.3, -0.25) is 0 Å². The van der Waals surface area contributed by atoms with E-state index in [0.29, 0.717) is 0 Å². The van der Waals surface area contributed by atoms with Gasteiger partial charge < -0.3 is 0 Å². The molecule has 6 nitrogen and oxygen atoms in total. The second-order valence-electron chi connectivity index (χ2n) is 4.52. The summed E-state index contributed by atoms with van der Waals surface area (Å²) < 4.78 is 40.5. The first-order valence-corrected chi connectivity index (χ1v) is 8.52. The predicted octanol–water partition coefficient (Wildman–Crippen LogP) is 2.31. The van der Waals surface area contributed by atoms with Crippen LogP contribution >= 0.6 is 11.3 Å². The predicted molar refractivity (Wildman–Crippen MR) is 78.0 cm³/mol. The van der Waals surface area contributed by atoms with Crippen LogP contribution in [0.25, 0.3) is 15.9 Å². The van der Waals surface area contributed by atoms with E-state index in [1.165, 1.54) is 28.0 Å². The first kappa shape index (κ1) is 13.3. The number of benzene rings is 1. The number of fused-ring (bicyclic) bond motifs is 3. The highest BCUT2D eigenvalue weighted by Crippen LogP contribution is 2.25. The van der Waals surface area contributed by atoms with Crippen molar-refractivity contribution in [1.82, 2.24) is 19.8 Å². The van der Waals surface area contributed by atoms with Gasteiger partial charge in [-0.05, 0) is 35.7 Å². The lowest BCUT2D eigenvalue weighted by molar-refractivity contribution is 0.591. The summed E-state index contributed by atoms with van der Waals surface area (Å²) in [5, 5.41) is 9.27. The van der Waals surface area contributed by atoms with Crippen molar-refractivity contribution in [3.63, 3.8) is 0 Å². The van der Waals surface area contributed by atoms with Gasteiger partial charge in [0.15, 0.2) is 5.65 Å². The van der Waals surface area contributed by atoms with Crippen molar-refractivity contribution in [2.24, 2.45) is 0 Å². The zero-order valence-corrected chi connectivity index (χ0v) is 12.5. The fourth-order valence-electron chi connectivity index (χ4n) is 2.14. The van der Waals surface area contributed by atoms with Gasteiger partial charge >= 0.3 is 0 Å². The van der Waals surface area contributed by atoms with E-state index in [1.807, 2.05) is 11.4 Å². The Morgan fingerprint density at radius 2 is 1.91 bits per heavy atom. The molecule has 0 saturated carbocycles. The van der Waals surface area contributed by atoms with Gasteiger partial charge in [0.2, 0.25) is 14.9 Å². The summed E-state index contributed by atoms with van der Waals surface area (Å²) in [6.07, 6.45) is 1.59. The largest absolute Gasteiger partial charge is 0.233 e. The zero-order valence-electron chi connectivity index (χ0n) is 10.8. The summed E-state index contributed by atoms with van der Waals surface area (Å²) in [5.41, 5.74) is 0.887. The molecule has 0 N–H and O–H groups in total. The molecule has 110 valence electrons. The van der Waals surface area contributed by atoms with Crippen LogP contribution < -0.4 is 0 Å². The van der Waals surface area contributed by atoms with Gasteiger partial charge in [0, 0.05) is 6.20 Å². The monoisotopic (exact) mass is 334 g/mol. The maximum atomic E-state index is 13.0. The van der Waals surface area contributed by atoms with Gasteiger partial charge in [0.25, 0.3) is 0 Å². The van der Waals surface area contributed by atoms with E-state index in [-0.39, 0.29) is 15.6 Å². The second-order valence-corrected chi connectivity index (χ2v) is 7.33. The molecular formula is C13H7FN4O2S2. The minimum atomic E-state index is -3.91. The zero-order chi connectivity index (χ0) is 15.3. The third kappa shape index (κ3) is 1.82. The van der Waals surface area contributed by atoms with Crippen LogP contribution in [0.4, 0.5) is 4.39 Å². The molecule has 22 heavy (non-hydrogen) atoms. The van der Waals surface area contributed by atoms with Crippen LogP contribution in [0.2, 0.25) is 0 Å². The van der Waals surface area contributed by atoms with Gasteiger partial charge in [-0.2, -0.15) is 4.52 Å². The lowest BCUT2D eigenvalue weighted by atomic mass is 10.4. The van der Waals surface area contributed by atoms with E-state index >= 15 is 0 Å². The molecule has 0 bridgehead atoms. The highest BCUT2D eigenvalue weighted by molar-refractivity contribution is 7.91. The van der Waals surface area contributed by atoms with Crippen LogP contribution in [0.3, 0.4) is 0 Å². The molecular weight excluding hydrogens is 327 g/mol. The fourth-order valence-corrected chi connectivity index (χ4v) is 4.11. The van der Waals surface area contributed by atoms with Gasteiger partial charge in [-0.1, -0.05) is 5.21 Å². The molecule has 3 aromatic heterocycles. The Kier molecular flexibility index (Phi) is 2.75. The summed E-state index contributed by atoms with van der Waals surface area (Å²) >= 11 is 1.47. The Morgan fingerprint density at radius 3 is 2.68 bits per heavy atom. The number of thiophene rings is 1. The van der Waals surface area contributed by atoms with Crippen molar-refractivity contribution in [1.29, 1.82) is 0 Å². The van der Waals surface area contributed by atoms with Gasteiger partial charge in [-0.25, -0.2) is 17.8 Å². The minimum Gasteiger partial charge on any atom is -0.233 e. The Labute approximate surface area is 127 Å². The molecule has 0 aliphatic carbocycles. The Morgan fingerprint density at radius 1 is 1.14 bits per heavy atom. The summed E-state index contributed by atoms with van der Waals surface area (Å²) in [5.74, 6) is -0.509. The number of hydrogen-bond acceptors (Lipinski definition) is 6. The summed E-state index contributed by atoms with van der Waals surface area (Å²) in [6.45, 7) is 0. The molecule has 4 aromatic rings. The summed E-state index contributed by atoms with van der Waals surface area (Å²) in [4.78, 5) is 4.09. The third-order valence-corrected chi connectivity index (χ3v) is 5.71. The third-order valence-electron chi connectivity index (χ3n) is 3.20. The van der Waals surface area contributed by atoms with Crippen molar-refractivity contribution >= 4 is 37.0 Å². The summed E-state index contributed by atoms with van der Waals surface area (Å²) in [7, 11) is -3.91. The molecule has 9 heteroatoms. The molecule has 0 aliphatic heterocycles. The Bertz CT molecular complexity index is 1100. The molecule has 0 radical (unpaired) electrons. The smallest absolute Gasteiger partial charge is 0.229 e. The maximum Gasteiger partial charge on any atom is 0.229 e. The van der Waals surface area contributed by atoms with E-state index in [1.54, 1.807) is 6.20 Å². The topological polar surface area (TPSA) is 77.2 Å². The van der Waals surface area contributed by atoms with E-state index in [0.717, 1.165) is 22.3 Å². The molecule has 0 aliphatic rings. The van der Waals surface area contributed by atoms with E-state index < -0.39 is 15.7 Å². The molecule has 0 unspecified atom stereocenters. The van der Waals surface area contributed by atoms with E-state index in [9.17, 15) is 12.8 Å². The van der Waals surface area contributed by atoms with Crippen molar-refractivity contribution in [3.8, 4) is 0 Å². The fraction of sp³-hybridized carbons (Fsp3) is 0. The molecule has 1 aromatic carbocycles. The van der Waals surface area contributed by atoms with Crippen molar-refractivity contribution in [2.45, 2.75) is 9.92 Å². The van der Waals surface area contributed by atoms with Crippen molar-refractivity contribution < 1.29 is 12.8 Å². The highest BCUT2D eigenvalue weighted by Gasteiger charge is 2.26. The quantitative estimate of drug-likeness (QED) is 0.526. The number of hydrogen-bond donors (Lipinski definition) is 0. The molecule has 0 atom stereocenters. The Hall–Kier alpha value is -2.39. The molecule has 0 saturated heterocycles. The van der Waals surface area contributed by atoms with Crippen LogP contribution in [-0.4, -0.2) is 28.2 Å². The first-order valence-electron chi connectivity index (χ1n) is 6.16. The van der Waals surface area contributed by atoms with Crippen LogP contribution in [0.1, 0.15) is 0 Å². The molecule has 0 fully saturated rings. The SMILES string of the molecule is O=S(=O)(c1ccc(F)cc1)c1nnn2c1ncc1sccc12. The Balaban J connectivity index is 1.99. The minimum absolute atomic E-state index is 0.0523. The average molecular weight is 334 g/mol. The van der Waals surface area contributed by atoms with Gasteiger partial charge in [-0.15, -0.1) is 16.4 Å².